The Bertz CT molecular complexity index is 452. The highest BCUT2D eigenvalue weighted by molar-refractivity contribution is 5.83. The lowest BCUT2D eigenvalue weighted by atomic mass is 10.1. The molecule has 0 saturated heterocycles. The van der Waals surface area contributed by atoms with Crippen LogP contribution in [-0.2, 0) is 0 Å². The van der Waals surface area contributed by atoms with Crippen molar-refractivity contribution in [2.45, 2.75) is 6.04 Å². The molecule has 0 aliphatic carbocycles. The lowest BCUT2D eigenvalue weighted by Crippen LogP contribution is -2.13. The van der Waals surface area contributed by atoms with Gasteiger partial charge < -0.3 is 15.8 Å². The second-order valence-electron chi connectivity index (χ2n) is 3.22. The van der Waals surface area contributed by atoms with Gasteiger partial charge in [-0.15, -0.1) is 0 Å². The molecule has 0 radical (unpaired) electrons. The molecule has 3 nitrogen and oxygen atoms in total. The maximum atomic E-state index is 12.9. The molecule has 0 aliphatic rings. The molecule has 1 aromatic carbocycles. The van der Waals surface area contributed by atoms with Crippen molar-refractivity contribution in [3.8, 4) is 0 Å². The van der Waals surface area contributed by atoms with Crippen LogP contribution in [0.1, 0.15) is 11.6 Å². The lowest BCUT2D eigenvalue weighted by molar-refractivity contribution is 0.268. The van der Waals surface area contributed by atoms with Gasteiger partial charge in [-0.3, -0.25) is 0 Å². The molecule has 0 aliphatic heterocycles. The molecule has 4 heteroatoms. The van der Waals surface area contributed by atoms with E-state index in [1.165, 1.54) is 12.1 Å². The molecule has 14 heavy (non-hydrogen) atoms. The first-order valence-corrected chi connectivity index (χ1v) is 4.35. The molecular formula is C10H11FN2O. The Labute approximate surface area is 80.4 Å². The fraction of sp³-hybridized carbons (Fsp3) is 0.200. The number of H-pyrrole nitrogens is 1. The first-order chi connectivity index (χ1) is 6.72. The van der Waals surface area contributed by atoms with Gasteiger partial charge in [0.25, 0.3) is 0 Å². The Hall–Kier alpha value is -1.39. The Kier molecular flexibility index (Phi) is 2.23. The predicted molar refractivity (Wildman–Crippen MR) is 52.3 cm³/mol. The summed E-state index contributed by atoms with van der Waals surface area (Å²) < 4.78 is 12.9. The summed E-state index contributed by atoms with van der Waals surface area (Å²) in [6.45, 7) is -0.149. The number of fused-ring (bicyclic) bond motifs is 1. The summed E-state index contributed by atoms with van der Waals surface area (Å²) in [5, 5.41) is 9.63. The molecule has 74 valence electrons. The maximum Gasteiger partial charge on any atom is 0.123 e. The first-order valence-electron chi connectivity index (χ1n) is 4.35. The number of aromatic nitrogens is 1. The monoisotopic (exact) mass is 194 g/mol. The molecule has 0 amide bonds. The summed E-state index contributed by atoms with van der Waals surface area (Å²) in [5.74, 6) is -0.302. The second kappa shape index (κ2) is 3.40. The molecule has 2 rings (SSSR count). The fourth-order valence-corrected chi connectivity index (χ4v) is 1.52. The molecule has 0 fully saturated rings. The zero-order valence-corrected chi connectivity index (χ0v) is 7.50. The number of nitrogens with two attached hydrogens (primary N) is 1. The number of benzene rings is 1. The van der Waals surface area contributed by atoms with Gasteiger partial charge in [0.1, 0.15) is 5.82 Å². The Morgan fingerprint density at radius 2 is 2.29 bits per heavy atom. The molecule has 0 unspecified atom stereocenters. The molecule has 1 heterocycles. The zero-order chi connectivity index (χ0) is 10.1. The number of aromatic amines is 1. The van der Waals surface area contributed by atoms with Gasteiger partial charge in [0.15, 0.2) is 0 Å². The van der Waals surface area contributed by atoms with E-state index in [-0.39, 0.29) is 12.4 Å². The number of hydrogen-bond donors (Lipinski definition) is 3. The van der Waals surface area contributed by atoms with Crippen LogP contribution in [0, 0.1) is 5.82 Å². The van der Waals surface area contributed by atoms with Crippen molar-refractivity contribution in [3.05, 3.63) is 35.8 Å². The topological polar surface area (TPSA) is 62.0 Å². The van der Waals surface area contributed by atoms with Gasteiger partial charge in [-0.25, -0.2) is 4.39 Å². The van der Waals surface area contributed by atoms with Crippen LogP contribution < -0.4 is 5.73 Å². The average molecular weight is 194 g/mol. The molecular weight excluding hydrogens is 183 g/mol. The summed E-state index contributed by atoms with van der Waals surface area (Å²) >= 11 is 0. The summed E-state index contributed by atoms with van der Waals surface area (Å²) in [7, 11) is 0. The Morgan fingerprint density at radius 3 is 3.00 bits per heavy atom. The smallest absolute Gasteiger partial charge is 0.123 e. The van der Waals surface area contributed by atoms with Gasteiger partial charge >= 0.3 is 0 Å². The molecule has 0 saturated carbocycles. The zero-order valence-electron chi connectivity index (χ0n) is 7.50. The largest absolute Gasteiger partial charge is 0.394 e. The van der Waals surface area contributed by atoms with Gasteiger partial charge in [0.2, 0.25) is 0 Å². The van der Waals surface area contributed by atoms with Crippen molar-refractivity contribution in [2.75, 3.05) is 6.61 Å². The third-order valence-corrected chi connectivity index (χ3v) is 2.27. The van der Waals surface area contributed by atoms with E-state index in [1.807, 2.05) is 0 Å². The minimum absolute atomic E-state index is 0.149. The van der Waals surface area contributed by atoms with Crippen LogP contribution in [0.5, 0.6) is 0 Å². The van der Waals surface area contributed by atoms with Crippen LogP contribution in [-0.4, -0.2) is 16.7 Å². The van der Waals surface area contributed by atoms with Gasteiger partial charge in [-0.1, -0.05) is 0 Å². The maximum absolute atomic E-state index is 12.9. The third kappa shape index (κ3) is 1.38. The summed E-state index contributed by atoms with van der Waals surface area (Å²) in [4.78, 5) is 2.97. The molecule has 4 N–H and O–H groups in total. The van der Waals surface area contributed by atoms with Gasteiger partial charge in [0.05, 0.1) is 12.6 Å². The van der Waals surface area contributed by atoms with Crippen molar-refractivity contribution in [1.29, 1.82) is 0 Å². The summed E-state index contributed by atoms with van der Waals surface area (Å²) in [6, 6.07) is 3.98. The van der Waals surface area contributed by atoms with Crippen LogP contribution in [0.2, 0.25) is 0 Å². The summed E-state index contributed by atoms with van der Waals surface area (Å²) in [6.07, 6.45) is 1.70. The molecule has 1 aromatic heterocycles. The standard InChI is InChI=1S/C10H11FN2O/c11-6-1-2-10-7(3-6)8(4-13-10)9(12)5-14/h1-4,9,13-14H,5,12H2/t9-/m0/s1. The van der Waals surface area contributed by atoms with E-state index in [4.69, 9.17) is 10.8 Å². The van der Waals surface area contributed by atoms with E-state index in [1.54, 1.807) is 12.3 Å². The number of nitrogens with one attached hydrogen (secondary N) is 1. The quantitative estimate of drug-likeness (QED) is 0.674. The Balaban J connectivity index is 2.61. The second-order valence-corrected chi connectivity index (χ2v) is 3.22. The van der Waals surface area contributed by atoms with Crippen LogP contribution in [0.25, 0.3) is 10.9 Å². The lowest BCUT2D eigenvalue weighted by Gasteiger charge is -2.05. The minimum atomic E-state index is -0.467. The van der Waals surface area contributed by atoms with Crippen LogP contribution >= 0.6 is 0 Å². The number of halogens is 1. The predicted octanol–water partition coefficient (Wildman–Crippen LogP) is 1.30. The fourth-order valence-electron chi connectivity index (χ4n) is 1.52. The van der Waals surface area contributed by atoms with E-state index >= 15 is 0 Å². The number of hydrogen-bond acceptors (Lipinski definition) is 2. The van der Waals surface area contributed by atoms with E-state index in [0.717, 1.165) is 16.5 Å². The number of aliphatic hydroxyl groups is 1. The van der Waals surface area contributed by atoms with Gasteiger partial charge in [-0.05, 0) is 23.8 Å². The van der Waals surface area contributed by atoms with E-state index in [9.17, 15) is 4.39 Å². The highest BCUT2D eigenvalue weighted by atomic mass is 19.1. The molecule has 0 bridgehead atoms. The minimum Gasteiger partial charge on any atom is -0.394 e. The van der Waals surface area contributed by atoms with E-state index < -0.39 is 6.04 Å². The van der Waals surface area contributed by atoms with Crippen LogP contribution in [0.4, 0.5) is 4.39 Å². The molecule has 2 aromatic rings. The van der Waals surface area contributed by atoms with Crippen molar-refractivity contribution >= 4 is 10.9 Å². The van der Waals surface area contributed by atoms with Crippen molar-refractivity contribution < 1.29 is 9.50 Å². The normalized spacial score (nSPS) is 13.4. The molecule has 1 atom stereocenters. The third-order valence-electron chi connectivity index (χ3n) is 2.27. The summed E-state index contributed by atoms with van der Waals surface area (Å²) in [5.41, 5.74) is 7.22. The SMILES string of the molecule is N[C@@H](CO)c1c[nH]c2ccc(F)cc12. The van der Waals surface area contributed by atoms with Crippen molar-refractivity contribution in [3.63, 3.8) is 0 Å². The van der Waals surface area contributed by atoms with E-state index in [2.05, 4.69) is 4.98 Å². The van der Waals surface area contributed by atoms with Crippen LogP contribution in [0.3, 0.4) is 0 Å². The highest BCUT2D eigenvalue weighted by Crippen LogP contribution is 2.23. The van der Waals surface area contributed by atoms with Crippen LogP contribution in [0.15, 0.2) is 24.4 Å². The van der Waals surface area contributed by atoms with E-state index in [0.29, 0.717) is 0 Å². The average Bonchev–Trinajstić information content (AvgIpc) is 2.59. The number of rotatable bonds is 2. The van der Waals surface area contributed by atoms with Crippen molar-refractivity contribution in [2.24, 2.45) is 5.73 Å². The first kappa shape index (κ1) is 9.18. The highest BCUT2D eigenvalue weighted by Gasteiger charge is 2.10. The number of aliphatic hydroxyl groups excluding tert-OH is 1. The van der Waals surface area contributed by atoms with Gasteiger partial charge in [-0.2, -0.15) is 0 Å². The molecule has 0 spiro atoms. The van der Waals surface area contributed by atoms with Crippen molar-refractivity contribution in [1.82, 2.24) is 4.98 Å². The van der Waals surface area contributed by atoms with Gasteiger partial charge in [0, 0.05) is 17.1 Å². The Morgan fingerprint density at radius 1 is 1.50 bits per heavy atom.